The highest BCUT2D eigenvalue weighted by Gasteiger charge is 2.49. The molecular weight excluding hydrogens is 617 g/mol. The van der Waals surface area contributed by atoms with Gasteiger partial charge in [0.25, 0.3) is 0 Å². The quantitative estimate of drug-likeness (QED) is 0.140. The van der Waals surface area contributed by atoms with Crippen LogP contribution in [0.5, 0.6) is 11.8 Å². The second kappa shape index (κ2) is 12.8. The predicted octanol–water partition coefficient (Wildman–Crippen LogP) is 7.01. The average molecular weight is 653 g/mol. The van der Waals surface area contributed by atoms with Gasteiger partial charge < -0.3 is 20.1 Å². The molecule has 2 atom stereocenters. The number of anilines is 1. The number of phenolic OH excluding ortho intramolecular Hbond substituents is 1. The summed E-state index contributed by atoms with van der Waals surface area (Å²) in [6.07, 6.45) is 12.1. The van der Waals surface area contributed by atoms with Gasteiger partial charge in [-0.15, -0.1) is 6.42 Å². The molecule has 2 aliphatic heterocycles. The summed E-state index contributed by atoms with van der Waals surface area (Å²) in [5, 5.41) is 15.8. The molecule has 7 rings (SSSR count). The van der Waals surface area contributed by atoms with E-state index in [0.29, 0.717) is 47.8 Å². The lowest BCUT2D eigenvalue weighted by atomic mass is 9.94. The SMILES string of the molecule is C#Cc1nc(OC[C@@]23CCCN2C[C@H](F)C3)nc(NCc2c[nH]c3ncccc23)c1/C=C(/F)Cc1cc(O)cc2ccc(F)c(CC)c12. The van der Waals surface area contributed by atoms with Crippen LogP contribution in [-0.4, -0.2) is 61.3 Å². The van der Waals surface area contributed by atoms with Gasteiger partial charge in [0.05, 0.1) is 11.1 Å². The van der Waals surface area contributed by atoms with Gasteiger partial charge in [0.1, 0.15) is 47.3 Å². The minimum absolute atomic E-state index is 0.00849. The molecule has 11 heteroatoms. The fourth-order valence-corrected chi connectivity index (χ4v) is 7.35. The van der Waals surface area contributed by atoms with Crippen LogP contribution in [0.4, 0.5) is 19.0 Å². The number of allylic oxidation sites excluding steroid dienone is 1. The second-order valence-corrected chi connectivity index (χ2v) is 12.5. The van der Waals surface area contributed by atoms with Crippen molar-refractivity contribution >= 4 is 33.7 Å². The van der Waals surface area contributed by atoms with Crippen molar-refractivity contribution in [2.24, 2.45) is 0 Å². The van der Waals surface area contributed by atoms with Gasteiger partial charge in [0.15, 0.2) is 0 Å². The number of H-pyrrole nitrogens is 1. The molecule has 0 radical (unpaired) electrons. The van der Waals surface area contributed by atoms with E-state index in [1.807, 2.05) is 25.3 Å². The van der Waals surface area contributed by atoms with Crippen molar-refractivity contribution in [2.45, 2.75) is 57.3 Å². The topological polar surface area (TPSA) is 99.2 Å². The molecule has 3 N–H and O–H groups in total. The summed E-state index contributed by atoms with van der Waals surface area (Å²) in [4.78, 5) is 18.7. The highest BCUT2D eigenvalue weighted by Crippen LogP contribution is 2.40. The molecule has 2 fully saturated rings. The normalized spacial score (nSPS) is 19.6. The van der Waals surface area contributed by atoms with Crippen LogP contribution >= 0.6 is 0 Å². The molecule has 48 heavy (non-hydrogen) atoms. The summed E-state index contributed by atoms with van der Waals surface area (Å²) in [7, 11) is 0. The van der Waals surface area contributed by atoms with Gasteiger partial charge in [-0.1, -0.05) is 13.0 Å². The first-order chi connectivity index (χ1) is 23.3. The molecule has 0 saturated carbocycles. The first-order valence-corrected chi connectivity index (χ1v) is 16.1. The minimum Gasteiger partial charge on any atom is -0.508 e. The van der Waals surface area contributed by atoms with Crippen LogP contribution in [0.25, 0.3) is 27.9 Å². The van der Waals surface area contributed by atoms with Crippen molar-refractivity contribution in [3.8, 4) is 24.1 Å². The third-order valence-corrected chi connectivity index (χ3v) is 9.52. The van der Waals surface area contributed by atoms with Crippen molar-refractivity contribution in [2.75, 3.05) is 25.0 Å². The van der Waals surface area contributed by atoms with Crippen LogP contribution < -0.4 is 10.1 Å². The number of phenols is 1. The molecule has 246 valence electrons. The van der Waals surface area contributed by atoms with Crippen molar-refractivity contribution in [1.29, 1.82) is 0 Å². The van der Waals surface area contributed by atoms with Gasteiger partial charge in [0.2, 0.25) is 0 Å². The highest BCUT2D eigenvalue weighted by molar-refractivity contribution is 5.91. The summed E-state index contributed by atoms with van der Waals surface area (Å²) < 4.78 is 51.4. The number of hydrogen-bond donors (Lipinski definition) is 3. The number of nitrogens with zero attached hydrogens (tertiary/aromatic N) is 4. The Kier molecular flexibility index (Phi) is 8.43. The van der Waals surface area contributed by atoms with Gasteiger partial charge in [-0.3, -0.25) is 4.90 Å². The minimum atomic E-state index is -0.914. The average Bonchev–Trinajstić information content (AvgIpc) is 3.75. The van der Waals surface area contributed by atoms with Crippen LogP contribution in [0.15, 0.2) is 54.6 Å². The molecule has 3 aromatic heterocycles. The van der Waals surface area contributed by atoms with Crippen LogP contribution in [0, 0.1) is 18.2 Å². The fourth-order valence-electron chi connectivity index (χ4n) is 7.35. The number of benzene rings is 2. The molecule has 2 aromatic carbocycles. The molecule has 5 heterocycles. The number of fused-ring (bicyclic) bond motifs is 3. The molecule has 0 spiro atoms. The Labute approximate surface area is 276 Å². The summed E-state index contributed by atoms with van der Waals surface area (Å²) in [5.41, 5.74) is 2.42. The number of aromatic nitrogens is 4. The number of nitrogens with one attached hydrogen (secondary N) is 2. The van der Waals surface area contributed by atoms with Gasteiger partial charge in [-0.2, -0.15) is 9.97 Å². The standard InChI is InChI=1S/C37H35F3N6O2/c1-3-28-31(40)9-8-22-14-27(47)15-23(33(22)28)13-25(38)16-30-32(4-2)44-36(48-21-37-10-6-12-46(37)20-26(39)17-37)45-35(30)43-19-24-18-42-34-29(24)7-5-11-41-34/h2,5,7-9,11,14-16,18,26,47H,3,6,10,12-13,17,19-21H2,1H3,(H,41,42)(H,43,44,45)/b25-16+/t26-,37+/m1/s1. The fraction of sp³-hybridized carbons (Fsp3) is 0.324. The molecule has 0 unspecified atom stereocenters. The number of aromatic amines is 1. The molecule has 2 aliphatic rings. The molecule has 8 nitrogen and oxygen atoms in total. The maximum absolute atomic E-state index is 16.1. The maximum atomic E-state index is 16.1. The van der Waals surface area contributed by atoms with Crippen LogP contribution in [0.2, 0.25) is 0 Å². The lowest BCUT2D eigenvalue weighted by Gasteiger charge is -2.30. The number of terminal acetylenes is 1. The maximum Gasteiger partial charge on any atom is 0.319 e. The monoisotopic (exact) mass is 652 g/mol. The lowest BCUT2D eigenvalue weighted by molar-refractivity contribution is 0.107. The molecule has 2 saturated heterocycles. The van der Waals surface area contributed by atoms with E-state index in [2.05, 4.69) is 36.1 Å². The van der Waals surface area contributed by atoms with Crippen molar-refractivity contribution in [3.63, 3.8) is 0 Å². The van der Waals surface area contributed by atoms with Crippen molar-refractivity contribution in [3.05, 3.63) is 88.4 Å². The van der Waals surface area contributed by atoms with Crippen molar-refractivity contribution < 1.29 is 23.0 Å². The van der Waals surface area contributed by atoms with E-state index < -0.39 is 17.5 Å². The molecule has 5 aromatic rings. The van der Waals surface area contributed by atoms with E-state index in [1.165, 1.54) is 24.3 Å². The molecule has 0 bridgehead atoms. The summed E-state index contributed by atoms with van der Waals surface area (Å²) >= 11 is 0. The number of halogens is 3. The Balaban J connectivity index is 1.25. The largest absolute Gasteiger partial charge is 0.508 e. The van der Waals surface area contributed by atoms with Crippen LogP contribution in [-0.2, 0) is 19.4 Å². The molecule has 0 aliphatic carbocycles. The Morgan fingerprint density at radius 3 is 2.98 bits per heavy atom. The van der Waals surface area contributed by atoms with E-state index >= 15 is 4.39 Å². The third kappa shape index (κ3) is 5.92. The van der Waals surface area contributed by atoms with E-state index in [9.17, 15) is 13.9 Å². The smallest absolute Gasteiger partial charge is 0.319 e. The molecular formula is C37H35F3N6O2. The number of alkyl halides is 1. The number of ether oxygens (including phenoxy) is 1. The number of aromatic hydroxyl groups is 1. The zero-order valence-electron chi connectivity index (χ0n) is 26.5. The van der Waals surface area contributed by atoms with Gasteiger partial charge >= 0.3 is 6.01 Å². The van der Waals surface area contributed by atoms with Crippen LogP contribution in [0.1, 0.15) is 54.1 Å². The second-order valence-electron chi connectivity index (χ2n) is 12.5. The number of hydrogen-bond acceptors (Lipinski definition) is 7. The number of aryl methyl sites for hydroxylation is 1. The van der Waals surface area contributed by atoms with Crippen LogP contribution in [0.3, 0.4) is 0 Å². The van der Waals surface area contributed by atoms with E-state index in [-0.39, 0.29) is 47.7 Å². The van der Waals surface area contributed by atoms with E-state index in [4.69, 9.17) is 11.2 Å². The Morgan fingerprint density at radius 1 is 1.27 bits per heavy atom. The van der Waals surface area contributed by atoms with E-state index in [1.54, 1.807) is 12.3 Å². The number of pyridine rings is 1. The first kappa shape index (κ1) is 31.5. The highest BCUT2D eigenvalue weighted by atomic mass is 19.1. The van der Waals surface area contributed by atoms with Crippen molar-refractivity contribution in [1.82, 2.24) is 24.8 Å². The first-order valence-electron chi connectivity index (χ1n) is 16.1. The number of rotatable bonds is 10. The third-order valence-electron chi connectivity index (χ3n) is 9.52. The summed E-state index contributed by atoms with van der Waals surface area (Å²) in [6, 6.07) is 9.70. The summed E-state index contributed by atoms with van der Waals surface area (Å²) in [5.74, 6) is 1.77. The Morgan fingerprint density at radius 2 is 2.15 bits per heavy atom. The van der Waals surface area contributed by atoms with Gasteiger partial charge in [-0.05, 0) is 95.6 Å². The summed E-state index contributed by atoms with van der Waals surface area (Å²) in [6.45, 7) is 3.53. The van der Waals surface area contributed by atoms with E-state index in [0.717, 1.165) is 36.0 Å². The van der Waals surface area contributed by atoms with Gasteiger partial charge in [-0.25, -0.2) is 18.2 Å². The molecule has 0 amide bonds. The predicted molar refractivity (Wildman–Crippen MR) is 180 cm³/mol. The zero-order chi connectivity index (χ0) is 33.4. The Hall–Kier alpha value is -5.08. The van der Waals surface area contributed by atoms with Gasteiger partial charge in [0, 0.05) is 43.7 Å². The Bertz CT molecular complexity index is 2090. The lowest BCUT2D eigenvalue weighted by Crippen LogP contribution is -2.43. The zero-order valence-corrected chi connectivity index (χ0v) is 26.5.